The molecule has 0 spiro atoms. The third kappa shape index (κ3) is 5.56. The molecule has 5 nitrogen and oxygen atoms in total. The lowest BCUT2D eigenvalue weighted by molar-refractivity contribution is 0.0118. The van der Waals surface area contributed by atoms with Crippen LogP contribution in [-0.2, 0) is 11.3 Å². The second-order valence-electron chi connectivity index (χ2n) is 4.90. The lowest BCUT2D eigenvalue weighted by Gasteiger charge is -2.33. The summed E-state index contributed by atoms with van der Waals surface area (Å²) in [5, 5.41) is 14.0. The molecule has 19 heavy (non-hydrogen) atoms. The molecule has 1 aliphatic rings. The summed E-state index contributed by atoms with van der Waals surface area (Å²) in [7, 11) is 2.13. The Morgan fingerprint density at radius 2 is 2.21 bits per heavy atom. The van der Waals surface area contributed by atoms with E-state index in [4.69, 9.17) is 4.74 Å². The first kappa shape index (κ1) is 14.9. The highest BCUT2D eigenvalue weighted by atomic mass is 32.1. The van der Waals surface area contributed by atoms with E-state index < -0.39 is 6.10 Å². The number of hydrazine groups is 1. The van der Waals surface area contributed by atoms with Crippen molar-refractivity contribution >= 4 is 11.3 Å². The van der Waals surface area contributed by atoms with Gasteiger partial charge in [0.1, 0.15) is 0 Å². The van der Waals surface area contributed by atoms with Crippen LogP contribution >= 0.6 is 11.3 Å². The van der Waals surface area contributed by atoms with Crippen LogP contribution in [0.4, 0.5) is 0 Å². The normalized spacial score (nSPS) is 19.7. The fourth-order valence-electron chi connectivity index (χ4n) is 1.95. The quantitative estimate of drug-likeness (QED) is 0.758. The van der Waals surface area contributed by atoms with Crippen LogP contribution in [0.15, 0.2) is 17.5 Å². The van der Waals surface area contributed by atoms with Gasteiger partial charge in [-0.2, -0.15) is 0 Å². The van der Waals surface area contributed by atoms with Crippen LogP contribution in [0.1, 0.15) is 4.88 Å². The molecule has 1 aromatic rings. The third-order valence-corrected chi connectivity index (χ3v) is 4.04. The van der Waals surface area contributed by atoms with E-state index in [2.05, 4.69) is 22.4 Å². The summed E-state index contributed by atoms with van der Waals surface area (Å²) in [4.78, 5) is 3.50. The number of aliphatic hydroxyl groups is 1. The van der Waals surface area contributed by atoms with Crippen molar-refractivity contribution in [2.24, 2.45) is 0 Å². The minimum absolute atomic E-state index is 0.374. The molecule has 2 N–H and O–H groups in total. The topological polar surface area (TPSA) is 48.0 Å². The van der Waals surface area contributed by atoms with E-state index in [9.17, 15) is 5.11 Å². The van der Waals surface area contributed by atoms with Crippen LogP contribution in [0, 0.1) is 0 Å². The van der Waals surface area contributed by atoms with Gasteiger partial charge in [0, 0.05) is 37.6 Å². The van der Waals surface area contributed by atoms with E-state index in [1.165, 1.54) is 4.88 Å². The number of piperazine rings is 1. The van der Waals surface area contributed by atoms with Gasteiger partial charge in [0.2, 0.25) is 0 Å². The van der Waals surface area contributed by atoms with Crippen molar-refractivity contribution in [1.82, 2.24) is 15.3 Å². The molecule has 2 rings (SSSR count). The van der Waals surface area contributed by atoms with Gasteiger partial charge < -0.3 is 14.7 Å². The Hall–Kier alpha value is -0.500. The summed E-state index contributed by atoms with van der Waals surface area (Å²) < 4.78 is 5.49. The molecule has 0 radical (unpaired) electrons. The number of aliphatic hydroxyl groups excluding tert-OH is 1. The summed E-state index contributed by atoms with van der Waals surface area (Å²) in [5.41, 5.74) is 3.26. The van der Waals surface area contributed by atoms with Crippen molar-refractivity contribution in [1.29, 1.82) is 0 Å². The maximum atomic E-state index is 9.84. The van der Waals surface area contributed by atoms with Crippen LogP contribution in [-0.4, -0.2) is 67.5 Å². The van der Waals surface area contributed by atoms with Gasteiger partial charge >= 0.3 is 0 Å². The van der Waals surface area contributed by atoms with Gasteiger partial charge in [-0.05, 0) is 18.5 Å². The minimum atomic E-state index is -0.459. The molecule has 1 fully saturated rings. The average molecular weight is 285 g/mol. The highest BCUT2D eigenvalue weighted by Crippen LogP contribution is 2.09. The largest absolute Gasteiger partial charge is 0.389 e. The summed E-state index contributed by atoms with van der Waals surface area (Å²) in [5.74, 6) is 0. The summed E-state index contributed by atoms with van der Waals surface area (Å²) in [6.45, 7) is 5.64. The lowest BCUT2D eigenvalue weighted by atomic mass is 10.3. The molecule has 108 valence electrons. The van der Waals surface area contributed by atoms with Crippen molar-refractivity contribution < 1.29 is 9.84 Å². The van der Waals surface area contributed by atoms with E-state index >= 15 is 0 Å². The van der Waals surface area contributed by atoms with E-state index in [0.29, 0.717) is 19.8 Å². The number of nitrogens with one attached hydrogen (secondary N) is 1. The number of ether oxygens (including phenoxy) is 1. The molecule has 1 atom stereocenters. The van der Waals surface area contributed by atoms with Gasteiger partial charge in [-0.15, -0.1) is 11.3 Å². The average Bonchev–Trinajstić information content (AvgIpc) is 2.91. The zero-order valence-electron chi connectivity index (χ0n) is 11.4. The Labute approximate surface area is 118 Å². The standard InChI is InChI=1S/C13H23N3O2S/c1-15-4-6-16(7-5-15)14-9-12(17)10-18-11-13-3-2-8-19-13/h2-3,8,12,14,17H,4-7,9-11H2,1H3. The van der Waals surface area contributed by atoms with Crippen molar-refractivity contribution in [2.45, 2.75) is 12.7 Å². The maximum Gasteiger partial charge on any atom is 0.0911 e. The summed E-state index contributed by atoms with van der Waals surface area (Å²) in [6.07, 6.45) is -0.459. The highest BCUT2D eigenvalue weighted by Gasteiger charge is 2.14. The minimum Gasteiger partial charge on any atom is -0.389 e. The molecule has 2 heterocycles. The molecule has 0 bridgehead atoms. The predicted octanol–water partition coefficient (Wildman–Crippen LogP) is 0.378. The van der Waals surface area contributed by atoms with Crippen LogP contribution in [0.3, 0.4) is 0 Å². The van der Waals surface area contributed by atoms with E-state index in [0.717, 1.165) is 26.2 Å². The molecule has 1 unspecified atom stereocenters. The molecule has 6 heteroatoms. The number of likely N-dealkylation sites (N-methyl/N-ethyl adjacent to an activating group) is 1. The van der Waals surface area contributed by atoms with Crippen LogP contribution in [0.5, 0.6) is 0 Å². The monoisotopic (exact) mass is 285 g/mol. The first-order valence-electron chi connectivity index (χ1n) is 6.69. The maximum absolute atomic E-state index is 9.84. The van der Waals surface area contributed by atoms with E-state index in [-0.39, 0.29) is 0 Å². The molecule has 1 aliphatic heterocycles. The number of thiophene rings is 1. The third-order valence-electron chi connectivity index (χ3n) is 3.19. The second kappa shape index (κ2) is 7.94. The van der Waals surface area contributed by atoms with Gasteiger partial charge in [0.15, 0.2) is 0 Å². The van der Waals surface area contributed by atoms with Crippen LogP contribution in [0.25, 0.3) is 0 Å². The van der Waals surface area contributed by atoms with Crippen molar-refractivity contribution in [3.05, 3.63) is 22.4 Å². The van der Waals surface area contributed by atoms with Crippen molar-refractivity contribution in [3.8, 4) is 0 Å². The molecule has 0 amide bonds. The SMILES string of the molecule is CN1CCN(NCC(O)COCc2cccs2)CC1. The summed E-state index contributed by atoms with van der Waals surface area (Å²) in [6, 6.07) is 4.05. The Morgan fingerprint density at radius 3 is 2.89 bits per heavy atom. The number of hydrogen-bond acceptors (Lipinski definition) is 6. The number of hydrogen-bond donors (Lipinski definition) is 2. The highest BCUT2D eigenvalue weighted by molar-refractivity contribution is 7.09. The molecular weight excluding hydrogens is 262 g/mol. The Morgan fingerprint density at radius 1 is 1.42 bits per heavy atom. The van der Waals surface area contributed by atoms with Gasteiger partial charge in [-0.1, -0.05) is 6.07 Å². The van der Waals surface area contributed by atoms with Gasteiger partial charge in [-0.3, -0.25) is 5.43 Å². The Kier molecular flexibility index (Phi) is 6.22. The first-order valence-corrected chi connectivity index (χ1v) is 7.57. The van der Waals surface area contributed by atoms with E-state index in [1.54, 1.807) is 11.3 Å². The molecular formula is C13H23N3O2S. The fraction of sp³-hybridized carbons (Fsp3) is 0.692. The molecule has 0 saturated carbocycles. The molecule has 0 aromatic carbocycles. The van der Waals surface area contributed by atoms with Crippen molar-refractivity contribution in [3.63, 3.8) is 0 Å². The first-order chi connectivity index (χ1) is 9.24. The van der Waals surface area contributed by atoms with Crippen LogP contribution in [0.2, 0.25) is 0 Å². The smallest absolute Gasteiger partial charge is 0.0911 e. The van der Waals surface area contributed by atoms with Gasteiger partial charge in [-0.25, -0.2) is 5.01 Å². The number of nitrogens with zero attached hydrogens (tertiary/aromatic N) is 2. The van der Waals surface area contributed by atoms with Crippen molar-refractivity contribution in [2.75, 3.05) is 46.4 Å². The number of rotatable bonds is 7. The zero-order chi connectivity index (χ0) is 13.5. The summed E-state index contributed by atoms with van der Waals surface area (Å²) >= 11 is 1.68. The molecule has 1 saturated heterocycles. The fourth-order valence-corrected chi connectivity index (χ4v) is 2.59. The van der Waals surface area contributed by atoms with Gasteiger partial charge in [0.25, 0.3) is 0 Å². The predicted molar refractivity (Wildman–Crippen MR) is 77.1 cm³/mol. The Bertz CT molecular complexity index is 340. The molecule has 0 aliphatic carbocycles. The van der Waals surface area contributed by atoms with Gasteiger partial charge in [0.05, 0.1) is 19.3 Å². The lowest BCUT2D eigenvalue weighted by Crippen LogP contribution is -2.52. The Balaban J connectivity index is 1.53. The molecule has 1 aromatic heterocycles. The van der Waals surface area contributed by atoms with E-state index in [1.807, 2.05) is 17.5 Å². The second-order valence-corrected chi connectivity index (χ2v) is 5.93. The zero-order valence-corrected chi connectivity index (χ0v) is 12.2. The van der Waals surface area contributed by atoms with Crippen LogP contribution < -0.4 is 5.43 Å².